The molecule has 0 radical (unpaired) electrons. The van der Waals surface area contributed by atoms with E-state index in [4.69, 9.17) is 5.26 Å². The summed E-state index contributed by atoms with van der Waals surface area (Å²) in [4.78, 5) is 2.98. The first kappa shape index (κ1) is 9.72. The Balaban J connectivity index is 2.89. The van der Waals surface area contributed by atoms with Gasteiger partial charge in [0.25, 0.3) is 0 Å². The van der Waals surface area contributed by atoms with Crippen molar-refractivity contribution in [2.24, 2.45) is 0 Å². The van der Waals surface area contributed by atoms with Crippen LogP contribution in [0.4, 0.5) is 0 Å². The Labute approximate surface area is 84.6 Å². The molecule has 0 spiro atoms. The lowest BCUT2D eigenvalue weighted by molar-refractivity contribution is 0.362. The standard InChI is InChI=1S/C8H9BrN2S/c1-11(2)7(4-10)8-3-6(9)5-12-8/h3,5,7H,1-2H3. The van der Waals surface area contributed by atoms with Crippen LogP contribution in [0.2, 0.25) is 0 Å². The van der Waals surface area contributed by atoms with Crippen LogP contribution < -0.4 is 0 Å². The van der Waals surface area contributed by atoms with E-state index >= 15 is 0 Å². The molecule has 0 aliphatic heterocycles. The van der Waals surface area contributed by atoms with Gasteiger partial charge in [-0.2, -0.15) is 5.26 Å². The molecule has 12 heavy (non-hydrogen) atoms. The Morgan fingerprint density at radius 1 is 1.67 bits per heavy atom. The van der Waals surface area contributed by atoms with Gasteiger partial charge in [-0.1, -0.05) is 0 Å². The third-order valence-electron chi connectivity index (χ3n) is 1.50. The molecule has 1 aromatic rings. The highest BCUT2D eigenvalue weighted by atomic mass is 79.9. The molecule has 1 rings (SSSR count). The lowest BCUT2D eigenvalue weighted by Gasteiger charge is -2.14. The zero-order valence-corrected chi connectivity index (χ0v) is 9.32. The SMILES string of the molecule is CN(C)C(C#N)c1cc(Br)cs1. The zero-order valence-electron chi connectivity index (χ0n) is 6.91. The predicted molar refractivity (Wildman–Crippen MR) is 54.1 cm³/mol. The van der Waals surface area contributed by atoms with E-state index in [1.165, 1.54) is 0 Å². The fourth-order valence-electron chi connectivity index (χ4n) is 0.905. The van der Waals surface area contributed by atoms with E-state index in [2.05, 4.69) is 22.0 Å². The van der Waals surface area contributed by atoms with E-state index in [1.807, 2.05) is 30.4 Å². The Bertz CT molecular complexity index is 300. The van der Waals surface area contributed by atoms with Gasteiger partial charge in [-0.15, -0.1) is 11.3 Å². The third-order valence-corrected chi connectivity index (χ3v) is 3.24. The van der Waals surface area contributed by atoms with Gasteiger partial charge >= 0.3 is 0 Å². The average molecular weight is 245 g/mol. The molecule has 0 saturated carbocycles. The van der Waals surface area contributed by atoms with Crippen LogP contribution in [0, 0.1) is 11.3 Å². The molecule has 0 aliphatic carbocycles. The molecule has 1 heterocycles. The van der Waals surface area contributed by atoms with E-state index in [-0.39, 0.29) is 6.04 Å². The van der Waals surface area contributed by atoms with Gasteiger partial charge in [-0.3, -0.25) is 4.90 Å². The Kier molecular flexibility index (Phi) is 3.27. The molecule has 64 valence electrons. The second kappa shape index (κ2) is 4.04. The molecule has 0 aliphatic rings. The van der Waals surface area contributed by atoms with E-state index in [0.717, 1.165) is 9.35 Å². The fraction of sp³-hybridized carbons (Fsp3) is 0.375. The van der Waals surface area contributed by atoms with Gasteiger partial charge in [0.1, 0.15) is 6.04 Å². The monoisotopic (exact) mass is 244 g/mol. The molecule has 1 atom stereocenters. The molecule has 0 fully saturated rings. The van der Waals surface area contributed by atoms with Gasteiger partial charge in [0.2, 0.25) is 0 Å². The molecule has 0 amide bonds. The van der Waals surface area contributed by atoms with Crippen LogP contribution in [0.3, 0.4) is 0 Å². The van der Waals surface area contributed by atoms with E-state index in [1.54, 1.807) is 11.3 Å². The number of hydrogen-bond acceptors (Lipinski definition) is 3. The summed E-state index contributed by atoms with van der Waals surface area (Å²) >= 11 is 4.96. The fourth-order valence-corrected chi connectivity index (χ4v) is 2.49. The van der Waals surface area contributed by atoms with Crippen molar-refractivity contribution in [3.05, 3.63) is 20.8 Å². The van der Waals surface area contributed by atoms with Gasteiger partial charge < -0.3 is 0 Å². The molecule has 0 saturated heterocycles. The highest BCUT2D eigenvalue weighted by Crippen LogP contribution is 2.27. The minimum Gasteiger partial charge on any atom is -0.290 e. The van der Waals surface area contributed by atoms with Gasteiger partial charge in [0.05, 0.1) is 6.07 Å². The molecule has 0 aromatic carbocycles. The van der Waals surface area contributed by atoms with Crippen LogP contribution >= 0.6 is 27.3 Å². The first-order chi connectivity index (χ1) is 5.65. The number of hydrogen-bond donors (Lipinski definition) is 0. The van der Waals surface area contributed by atoms with Crippen LogP contribution in [0.15, 0.2) is 15.9 Å². The maximum Gasteiger partial charge on any atom is 0.132 e. The van der Waals surface area contributed by atoms with Crippen molar-refractivity contribution in [1.82, 2.24) is 4.90 Å². The second-order valence-corrected chi connectivity index (χ2v) is 4.52. The number of halogens is 1. The Morgan fingerprint density at radius 3 is 2.67 bits per heavy atom. The van der Waals surface area contributed by atoms with Crippen molar-refractivity contribution in [3.63, 3.8) is 0 Å². The summed E-state index contributed by atoms with van der Waals surface area (Å²) in [7, 11) is 3.81. The van der Waals surface area contributed by atoms with Crippen LogP contribution in [0.25, 0.3) is 0 Å². The van der Waals surface area contributed by atoms with Gasteiger partial charge in [0, 0.05) is 14.7 Å². The van der Waals surface area contributed by atoms with Gasteiger partial charge in [0.15, 0.2) is 0 Å². The molecule has 0 bridgehead atoms. The maximum atomic E-state index is 8.86. The van der Waals surface area contributed by atoms with Gasteiger partial charge in [-0.25, -0.2) is 0 Å². The third kappa shape index (κ3) is 2.07. The lowest BCUT2D eigenvalue weighted by atomic mass is 10.2. The molecular formula is C8H9BrN2S. The quantitative estimate of drug-likeness (QED) is 0.800. The summed E-state index contributed by atoms with van der Waals surface area (Å²) < 4.78 is 1.05. The smallest absolute Gasteiger partial charge is 0.132 e. The summed E-state index contributed by atoms with van der Waals surface area (Å²) in [5, 5.41) is 10.8. The molecular weight excluding hydrogens is 236 g/mol. The first-order valence-electron chi connectivity index (χ1n) is 3.45. The number of nitrogens with zero attached hydrogens (tertiary/aromatic N) is 2. The number of nitriles is 1. The normalized spacial score (nSPS) is 12.9. The second-order valence-electron chi connectivity index (χ2n) is 2.66. The molecule has 1 aromatic heterocycles. The van der Waals surface area contributed by atoms with Gasteiger partial charge in [-0.05, 0) is 36.1 Å². The zero-order chi connectivity index (χ0) is 9.14. The number of rotatable bonds is 2. The summed E-state index contributed by atoms with van der Waals surface area (Å²) in [5.41, 5.74) is 0. The average Bonchev–Trinajstić information content (AvgIpc) is 2.37. The lowest BCUT2D eigenvalue weighted by Crippen LogP contribution is -2.16. The maximum absolute atomic E-state index is 8.86. The van der Waals surface area contributed by atoms with E-state index < -0.39 is 0 Å². The van der Waals surface area contributed by atoms with E-state index in [0.29, 0.717) is 0 Å². The largest absolute Gasteiger partial charge is 0.290 e. The van der Waals surface area contributed by atoms with Crippen molar-refractivity contribution in [3.8, 4) is 6.07 Å². The van der Waals surface area contributed by atoms with Crippen molar-refractivity contribution in [2.45, 2.75) is 6.04 Å². The highest BCUT2D eigenvalue weighted by Gasteiger charge is 2.14. The minimum absolute atomic E-state index is 0.124. The van der Waals surface area contributed by atoms with Crippen molar-refractivity contribution < 1.29 is 0 Å². The Morgan fingerprint density at radius 2 is 2.33 bits per heavy atom. The van der Waals surface area contributed by atoms with Crippen LogP contribution in [0.1, 0.15) is 10.9 Å². The summed E-state index contributed by atoms with van der Waals surface area (Å²) in [6, 6.07) is 4.11. The van der Waals surface area contributed by atoms with E-state index in [9.17, 15) is 0 Å². The Hall–Kier alpha value is -0.370. The van der Waals surface area contributed by atoms with Crippen LogP contribution in [-0.4, -0.2) is 19.0 Å². The molecule has 1 unspecified atom stereocenters. The van der Waals surface area contributed by atoms with Crippen molar-refractivity contribution >= 4 is 27.3 Å². The van der Waals surface area contributed by atoms with Crippen molar-refractivity contribution in [1.29, 1.82) is 5.26 Å². The molecule has 2 nitrogen and oxygen atoms in total. The summed E-state index contributed by atoms with van der Waals surface area (Å²) in [5.74, 6) is 0. The minimum atomic E-state index is -0.124. The predicted octanol–water partition coefficient (Wildman–Crippen LogP) is 2.64. The number of thiophene rings is 1. The summed E-state index contributed by atoms with van der Waals surface area (Å²) in [6.45, 7) is 0. The topological polar surface area (TPSA) is 27.0 Å². The molecule has 4 heteroatoms. The van der Waals surface area contributed by atoms with Crippen molar-refractivity contribution in [2.75, 3.05) is 14.1 Å². The van der Waals surface area contributed by atoms with Crippen LogP contribution in [0.5, 0.6) is 0 Å². The van der Waals surface area contributed by atoms with Crippen LogP contribution in [-0.2, 0) is 0 Å². The molecule has 0 N–H and O–H groups in total. The first-order valence-corrected chi connectivity index (χ1v) is 5.12. The highest BCUT2D eigenvalue weighted by molar-refractivity contribution is 9.10. The summed E-state index contributed by atoms with van der Waals surface area (Å²) in [6.07, 6.45) is 0.